The number of phenolic OH excluding ortho intramolecular Hbond substituents is 1. The van der Waals surface area contributed by atoms with Crippen LogP contribution in [0, 0.1) is 11.8 Å². The van der Waals surface area contributed by atoms with E-state index in [2.05, 4.69) is 18.7 Å². The largest absolute Gasteiger partial charge is 0.508 e. The van der Waals surface area contributed by atoms with Crippen molar-refractivity contribution < 1.29 is 34.8 Å². The van der Waals surface area contributed by atoms with E-state index in [1.165, 1.54) is 11.0 Å². The molecule has 10 nitrogen and oxygen atoms in total. The van der Waals surface area contributed by atoms with E-state index in [9.17, 15) is 34.8 Å². The Bertz CT molecular complexity index is 1360. The van der Waals surface area contributed by atoms with Crippen LogP contribution < -0.4 is 5.73 Å². The Labute approximate surface area is 231 Å². The molecule has 1 saturated heterocycles. The van der Waals surface area contributed by atoms with Crippen molar-refractivity contribution in [1.82, 2.24) is 9.80 Å². The molecule has 0 aromatic heterocycles. The van der Waals surface area contributed by atoms with E-state index in [1.54, 1.807) is 14.1 Å². The minimum absolute atomic E-state index is 0.00237. The Morgan fingerprint density at radius 1 is 1.18 bits per heavy atom. The SMILES string of the molecule is CC1CCC(C)N1Cc1cc(O)c2c(c1Cl)C[C@H]1C[C@H]3[C@H](N(C)C)C(=O)C(C(N)=O)=C(O)[C@@]3(O)C(=O)C1=C2O. The zero-order valence-electron chi connectivity index (χ0n) is 22.4. The second-order valence-electron chi connectivity index (χ2n) is 11.6. The number of likely N-dealkylation sites (N-methyl/N-ethyl adjacent to an activating group) is 1. The highest BCUT2D eigenvalue weighted by Gasteiger charge is 2.64. The fourth-order valence-electron chi connectivity index (χ4n) is 7.22. The predicted molar refractivity (Wildman–Crippen MR) is 143 cm³/mol. The van der Waals surface area contributed by atoms with Crippen LogP contribution in [-0.4, -0.2) is 85.5 Å². The summed E-state index contributed by atoms with van der Waals surface area (Å²) in [5.74, 6) is -6.78. The molecule has 1 aromatic carbocycles. The summed E-state index contributed by atoms with van der Waals surface area (Å²) in [5, 5.41) is 45.3. The maximum Gasteiger partial charge on any atom is 0.255 e. The Hall–Kier alpha value is -2.92. The lowest BCUT2D eigenvalue weighted by Gasteiger charge is -2.50. The van der Waals surface area contributed by atoms with Gasteiger partial charge in [0, 0.05) is 35.1 Å². The first-order valence-electron chi connectivity index (χ1n) is 13.1. The minimum atomic E-state index is -2.66. The van der Waals surface area contributed by atoms with Crippen LogP contribution in [-0.2, 0) is 27.3 Å². The molecule has 1 aliphatic heterocycles. The van der Waals surface area contributed by atoms with Crippen molar-refractivity contribution >= 4 is 34.8 Å². The van der Waals surface area contributed by atoms with E-state index < -0.39 is 58.0 Å². The molecule has 39 heavy (non-hydrogen) atoms. The van der Waals surface area contributed by atoms with Crippen LogP contribution in [0.3, 0.4) is 0 Å². The number of nitrogens with two attached hydrogens (primary N) is 1. The monoisotopic (exact) mass is 559 g/mol. The van der Waals surface area contributed by atoms with Crippen LogP contribution in [0.4, 0.5) is 0 Å². The Morgan fingerprint density at radius 3 is 2.36 bits per heavy atom. The van der Waals surface area contributed by atoms with E-state index in [1.807, 2.05) is 0 Å². The molecule has 1 amide bonds. The molecule has 210 valence electrons. The summed E-state index contributed by atoms with van der Waals surface area (Å²) in [6.45, 7) is 4.80. The zero-order valence-corrected chi connectivity index (χ0v) is 23.1. The number of phenols is 1. The average molecular weight is 560 g/mol. The van der Waals surface area contributed by atoms with Gasteiger partial charge in [-0.25, -0.2) is 0 Å². The number of hydrogen-bond donors (Lipinski definition) is 5. The number of fused-ring (bicyclic) bond motifs is 3. The summed E-state index contributed by atoms with van der Waals surface area (Å²) in [5.41, 5.74) is 2.85. The summed E-state index contributed by atoms with van der Waals surface area (Å²) < 4.78 is 0. The van der Waals surface area contributed by atoms with E-state index in [0.29, 0.717) is 34.8 Å². The van der Waals surface area contributed by atoms with Gasteiger partial charge in [0.25, 0.3) is 5.91 Å². The van der Waals surface area contributed by atoms with Gasteiger partial charge >= 0.3 is 0 Å². The van der Waals surface area contributed by atoms with Crippen LogP contribution in [0.25, 0.3) is 5.76 Å². The lowest BCUT2D eigenvalue weighted by Crippen LogP contribution is -2.65. The second-order valence-corrected chi connectivity index (χ2v) is 12.0. The van der Waals surface area contributed by atoms with Gasteiger partial charge in [-0.1, -0.05) is 11.6 Å². The molecule has 3 aliphatic carbocycles. The maximum absolute atomic E-state index is 13.9. The number of aromatic hydroxyl groups is 1. The predicted octanol–water partition coefficient (Wildman–Crippen LogP) is 1.99. The van der Waals surface area contributed by atoms with Crippen molar-refractivity contribution in [3.63, 3.8) is 0 Å². The number of benzene rings is 1. The number of primary amides is 1. The number of halogens is 1. The molecule has 5 rings (SSSR count). The number of hydrogen-bond acceptors (Lipinski definition) is 9. The van der Waals surface area contributed by atoms with Gasteiger partial charge in [-0.15, -0.1) is 0 Å². The Kier molecular flexibility index (Phi) is 6.61. The van der Waals surface area contributed by atoms with Crippen molar-refractivity contribution in [2.45, 2.75) is 69.8 Å². The number of aliphatic hydroxyl groups is 3. The van der Waals surface area contributed by atoms with Gasteiger partial charge in [0.2, 0.25) is 5.78 Å². The standard InChI is InChI=1S/C28H34ClN3O7/c1-11-5-6-12(2)32(11)10-14-9-17(33)19-15(21(14)29)7-13-8-16-22(31(3)4)24(35)20(27(30)38)26(37)28(16,39)25(36)18(13)23(19)34/h9,11-13,16,22,33-34,37,39H,5-8,10H2,1-4H3,(H2,30,38)/t11?,12?,13-,16-,22-,28-/m0/s1. The first-order valence-corrected chi connectivity index (χ1v) is 13.5. The molecule has 0 radical (unpaired) electrons. The Balaban J connectivity index is 1.65. The normalized spacial score (nSPS) is 32.9. The molecule has 6 N–H and O–H groups in total. The third-order valence-electron chi connectivity index (χ3n) is 9.22. The van der Waals surface area contributed by atoms with Crippen LogP contribution in [0.15, 0.2) is 23.0 Å². The first-order chi connectivity index (χ1) is 18.2. The molecule has 0 bridgehead atoms. The number of Topliss-reactive ketones (excluding diaryl/α,β-unsaturated/α-hetero) is 2. The molecule has 1 aromatic rings. The van der Waals surface area contributed by atoms with Crippen molar-refractivity contribution in [3.05, 3.63) is 44.7 Å². The number of carbonyl (C=O) groups is 3. The van der Waals surface area contributed by atoms with Crippen LogP contribution in [0.5, 0.6) is 5.75 Å². The van der Waals surface area contributed by atoms with Crippen molar-refractivity contribution in [2.24, 2.45) is 17.6 Å². The Morgan fingerprint density at radius 2 is 1.79 bits per heavy atom. The number of rotatable bonds is 4. The third kappa shape index (κ3) is 3.83. The van der Waals surface area contributed by atoms with Crippen LogP contribution >= 0.6 is 11.6 Å². The van der Waals surface area contributed by atoms with Gasteiger partial charge in [0.1, 0.15) is 22.8 Å². The van der Waals surface area contributed by atoms with Crippen molar-refractivity contribution in [3.8, 4) is 5.75 Å². The maximum atomic E-state index is 13.9. The van der Waals surface area contributed by atoms with Crippen molar-refractivity contribution in [1.29, 1.82) is 0 Å². The quantitative estimate of drug-likeness (QED) is 0.347. The van der Waals surface area contributed by atoms with Gasteiger partial charge < -0.3 is 26.2 Å². The molecule has 1 heterocycles. The van der Waals surface area contributed by atoms with Crippen LogP contribution in [0.2, 0.25) is 5.02 Å². The van der Waals surface area contributed by atoms with E-state index >= 15 is 0 Å². The van der Waals surface area contributed by atoms with Gasteiger partial charge in [0.05, 0.1) is 11.6 Å². The molecular weight excluding hydrogens is 526 g/mol. The summed E-state index contributed by atoms with van der Waals surface area (Å²) in [7, 11) is 3.13. The number of ketones is 2. The fraction of sp³-hybridized carbons (Fsp3) is 0.536. The van der Waals surface area contributed by atoms with Gasteiger partial charge in [-0.05, 0) is 76.7 Å². The summed E-state index contributed by atoms with van der Waals surface area (Å²) in [6, 6.07) is 1.06. The first kappa shape index (κ1) is 27.6. The number of carbonyl (C=O) groups excluding carboxylic acids is 3. The fourth-order valence-corrected chi connectivity index (χ4v) is 7.50. The lowest BCUT2D eigenvalue weighted by atomic mass is 9.57. The highest BCUT2D eigenvalue weighted by Crippen LogP contribution is 2.53. The molecule has 1 saturated carbocycles. The molecular formula is C28H34ClN3O7. The van der Waals surface area contributed by atoms with E-state index in [0.717, 1.165) is 12.8 Å². The minimum Gasteiger partial charge on any atom is -0.508 e. The smallest absolute Gasteiger partial charge is 0.255 e. The zero-order chi connectivity index (χ0) is 28.7. The second kappa shape index (κ2) is 9.33. The summed E-state index contributed by atoms with van der Waals surface area (Å²) in [6.07, 6.45) is 2.30. The molecule has 0 spiro atoms. The number of likely N-dealkylation sites (tertiary alicyclic amines) is 1. The highest BCUT2D eigenvalue weighted by molar-refractivity contribution is 6.32. The van der Waals surface area contributed by atoms with Gasteiger partial charge in [-0.2, -0.15) is 0 Å². The van der Waals surface area contributed by atoms with Gasteiger partial charge in [-0.3, -0.25) is 24.2 Å². The summed E-state index contributed by atoms with van der Waals surface area (Å²) in [4.78, 5) is 43.0. The molecule has 2 unspecified atom stereocenters. The topological polar surface area (TPSA) is 165 Å². The third-order valence-corrected chi connectivity index (χ3v) is 9.69. The molecule has 11 heteroatoms. The number of amides is 1. The summed E-state index contributed by atoms with van der Waals surface area (Å²) >= 11 is 6.88. The molecule has 6 atom stereocenters. The lowest BCUT2D eigenvalue weighted by molar-refractivity contribution is -0.153. The van der Waals surface area contributed by atoms with Crippen molar-refractivity contribution in [2.75, 3.05) is 14.1 Å². The number of aliphatic hydroxyl groups excluding tert-OH is 2. The van der Waals surface area contributed by atoms with Crippen LogP contribution in [0.1, 0.15) is 49.8 Å². The average Bonchev–Trinajstić information content (AvgIpc) is 3.16. The van der Waals surface area contributed by atoms with E-state index in [4.69, 9.17) is 17.3 Å². The van der Waals surface area contributed by atoms with E-state index in [-0.39, 0.29) is 29.7 Å². The van der Waals surface area contributed by atoms with Gasteiger partial charge in [0.15, 0.2) is 11.4 Å². The molecule has 2 fully saturated rings. The molecule has 4 aliphatic rings. The number of nitrogens with zero attached hydrogens (tertiary/aromatic N) is 2. The highest BCUT2D eigenvalue weighted by atomic mass is 35.5.